The molecule has 5 heteroatoms. The summed E-state index contributed by atoms with van der Waals surface area (Å²) < 4.78 is 0. The molecule has 0 unspecified atom stereocenters. The highest BCUT2D eigenvalue weighted by Gasteiger charge is 2.00. The van der Waals surface area contributed by atoms with E-state index in [0.29, 0.717) is 5.96 Å². The number of thioether (sulfide) groups is 1. The number of hydrogen-bond donors (Lipinski definition) is 3. The Hall–Kier alpha value is -1.20. The Balaban J connectivity index is 2.77. The number of benzene rings is 1. The Morgan fingerprint density at radius 1 is 1.44 bits per heavy atom. The molecule has 0 aliphatic rings. The average molecular weight is 238 g/mol. The molecule has 1 aromatic rings. The number of anilines is 1. The van der Waals surface area contributed by atoms with Gasteiger partial charge in [0.05, 0.1) is 0 Å². The van der Waals surface area contributed by atoms with E-state index in [0.717, 1.165) is 5.69 Å². The number of nitrogens with zero attached hydrogens (tertiary/aromatic N) is 1. The molecule has 88 valence electrons. The highest BCUT2D eigenvalue weighted by atomic mass is 32.2. The van der Waals surface area contributed by atoms with Gasteiger partial charge >= 0.3 is 0 Å². The first-order valence-electron chi connectivity index (χ1n) is 5.11. The van der Waals surface area contributed by atoms with Crippen molar-refractivity contribution in [1.82, 2.24) is 5.43 Å². The Morgan fingerprint density at radius 2 is 2.19 bits per heavy atom. The highest BCUT2D eigenvalue weighted by Crippen LogP contribution is 2.18. The molecule has 4 N–H and O–H groups in total. The van der Waals surface area contributed by atoms with Crippen LogP contribution in [0, 0.1) is 0 Å². The van der Waals surface area contributed by atoms with Crippen LogP contribution in [0.2, 0.25) is 0 Å². The van der Waals surface area contributed by atoms with Crippen LogP contribution in [0.3, 0.4) is 0 Å². The monoisotopic (exact) mass is 238 g/mol. The summed E-state index contributed by atoms with van der Waals surface area (Å²) in [7, 11) is 0. The first-order valence-corrected chi connectivity index (χ1v) is 6.33. The van der Waals surface area contributed by atoms with E-state index < -0.39 is 0 Å². The van der Waals surface area contributed by atoms with Crippen LogP contribution < -0.4 is 16.6 Å². The molecule has 0 aliphatic heterocycles. The summed E-state index contributed by atoms with van der Waals surface area (Å²) in [5, 5.41) is 3.14. The lowest BCUT2D eigenvalue weighted by atomic mass is 10.3. The maximum Gasteiger partial charge on any atom is 0.210 e. The normalized spacial score (nSPS) is 11.7. The predicted octanol–water partition coefficient (Wildman–Crippen LogP) is 2.05. The van der Waals surface area contributed by atoms with E-state index in [1.165, 1.54) is 4.90 Å². The molecule has 0 fully saturated rings. The fourth-order valence-electron chi connectivity index (χ4n) is 1.20. The molecule has 1 aromatic carbocycles. The van der Waals surface area contributed by atoms with Crippen LogP contribution in [0.15, 0.2) is 34.2 Å². The zero-order valence-electron chi connectivity index (χ0n) is 9.82. The largest absolute Gasteiger partial charge is 0.325 e. The van der Waals surface area contributed by atoms with Crippen LogP contribution in [-0.2, 0) is 0 Å². The maximum atomic E-state index is 5.39. The second kappa shape index (κ2) is 6.40. The highest BCUT2D eigenvalue weighted by molar-refractivity contribution is 7.98. The second-order valence-corrected chi connectivity index (χ2v) is 4.45. The van der Waals surface area contributed by atoms with Crippen LogP contribution in [0.4, 0.5) is 5.69 Å². The minimum Gasteiger partial charge on any atom is -0.325 e. The SMILES string of the molecule is CSc1cccc(NC(=NC(C)C)NN)c1. The molecule has 0 amide bonds. The summed E-state index contributed by atoms with van der Waals surface area (Å²) in [6.45, 7) is 3.99. The van der Waals surface area contributed by atoms with Crippen LogP contribution >= 0.6 is 11.8 Å². The van der Waals surface area contributed by atoms with Gasteiger partial charge in [-0.15, -0.1) is 11.8 Å². The summed E-state index contributed by atoms with van der Waals surface area (Å²) in [6.07, 6.45) is 2.05. The molecule has 16 heavy (non-hydrogen) atoms. The van der Waals surface area contributed by atoms with Gasteiger partial charge in [0.25, 0.3) is 0 Å². The third kappa shape index (κ3) is 4.12. The molecular weight excluding hydrogens is 220 g/mol. The Bertz CT molecular complexity index is 363. The quantitative estimate of drug-likeness (QED) is 0.248. The van der Waals surface area contributed by atoms with Crippen LogP contribution in [0.25, 0.3) is 0 Å². The lowest BCUT2D eigenvalue weighted by molar-refractivity contribution is 0.819. The van der Waals surface area contributed by atoms with Gasteiger partial charge in [-0.2, -0.15) is 0 Å². The number of nitrogens with one attached hydrogen (secondary N) is 2. The summed E-state index contributed by atoms with van der Waals surface area (Å²) >= 11 is 1.70. The number of guanidine groups is 1. The third-order valence-electron chi connectivity index (χ3n) is 1.86. The van der Waals surface area contributed by atoms with Gasteiger partial charge < -0.3 is 5.32 Å². The Labute approximate surface area is 101 Å². The van der Waals surface area contributed by atoms with Crippen molar-refractivity contribution in [2.24, 2.45) is 10.8 Å². The fraction of sp³-hybridized carbons (Fsp3) is 0.364. The minimum absolute atomic E-state index is 0.197. The van der Waals surface area contributed by atoms with Crippen molar-refractivity contribution in [3.8, 4) is 0 Å². The van der Waals surface area contributed by atoms with Crippen molar-refractivity contribution in [3.63, 3.8) is 0 Å². The van der Waals surface area contributed by atoms with Crippen molar-refractivity contribution < 1.29 is 0 Å². The van der Waals surface area contributed by atoms with E-state index in [2.05, 4.69) is 27.9 Å². The number of nitrogens with two attached hydrogens (primary N) is 1. The topological polar surface area (TPSA) is 62.4 Å². The summed E-state index contributed by atoms with van der Waals surface area (Å²) in [5.74, 6) is 5.97. The molecule has 0 aromatic heterocycles. The number of rotatable bonds is 3. The summed E-state index contributed by atoms with van der Waals surface area (Å²) in [5.41, 5.74) is 3.53. The van der Waals surface area contributed by atoms with E-state index in [9.17, 15) is 0 Å². The fourth-order valence-corrected chi connectivity index (χ4v) is 1.66. The van der Waals surface area contributed by atoms with Crippen LogP contribution in [0.5, 0.6) is 0 Å². The molecule has 0 bridgehead atoms. The van der Waals surface area contributed by atoms with E-state index in [1.54, 1.807) is 11.8 Å². The third-order valence-corrected chi connectivity index (χ3v) is 2.58. The van der Waals surface area contributed by atoms with Gasteiger partial charge in [0, 0.05) is 16.6 Å². The molecule has 0 radical (unpaired) electrons. The van der Waals surface area contributed by atoms with Gasteiger partial charge in [-0.05, 0) is 38.3 Å². The molecule has 0 spiro atoms. The zero-order valence-corrected chi connectivity index (χ0v) is 10.6. The van der Waals surface area contributed by atoms with Crippen molar-refractivity contribution in [2.45, 2.75) is 24.8 Å². The van der Waals surface area contributed by atoms with Gasteiger partial charge in [0.2, 0.25) is 5.96 Å². The molecular formula is C11H18N4S. The van der Waals surface area contributed by atoms with Gasteiger partial charge in [0.15, 0.2) is 0 Å². The predicted molar refractivity (Wildman–Crippen MR) is 71.7 cm³/mol. The minimum atomic E-state index is 0.197. The first-order chi connectivity index (χ1) is 7.65. The van der Waals surface area contributed by atoms with E-state index >= 15 is 0 Å². The lowest BCUT2D eigenvalue weighted by Gasteiger charge is -2.11. The Morgan fingerprint density at radius 3 is 2.75 bits per heavy atom. The second-order valence-electron chi connectivity index (χ2n) is 3.57. The average Bonchev–Trinajstić information content (AvgIpc) is 2.28. The van der Waals surface area contributed by atoms with Gasteiger partial charge in [-0.25, -0.2) is 10.8 Å². The van der Waals surface area contributed by atoms with Crippen LogP contribution in [0.1, 0.15) is 13.8 Å². The van der Waals surface area contributed by atoms with E-state index in [-0.39, 0.29) is 6.04 Å². The zero-order chi connectivity index (χ0) is 12.0. The lowest BCUT2D eigenvalue weighted by Crippen LogP contribution is -2.36. The molecule has 1 rings (SSSR count). The van der Waals surface area contributed by atoms with Crippen LogP contribution in [-0.4, -0.2) is 18.3 Å². The van der Waals surface area contributed by atoms with Crippen molar-refractivity contribution in [1.29, 1.82) is 0 Å². The van der Waals surface area contributed by atoms with E-state index in [1.807, 2.05) is 32.2 Å². The van der Waals surface area contributed by atoms with Gasteiger partial charge in [0.1, 0.15) is 0 Å². The molecule has 0 heterocycles. The molecule has 0 aliphatic carbocycles. The molecule has 0 saturated carbocycles. The molecule has 0 saturated heterocycles. The van der Waals surface area contributed by atoms with E-state index in [4.69, 9.17) is 5.84 Å². The molecule has 0 atom stereocenters. The smallest absolute Gasteiger partial charge is 0.210 e. The van der Waals surface area contributed by atoms with Gasteiger partial charge in [-0.1, -0.05) is 6.07 Å². The Kier molecular flexibility index (Phi) is 5.14. The number of hydrazine groups is 1. The standard InChI is InChI=1S/C11H18N4S/c1-8(2)13-11(15-12)14-9-5-4-6-10(7-9)16-3/h4-8H,12H2,1-3H3,(H2,13,14,15). The maximum absolute atomic E-state index is 5.39. The van der Waals surface area contributed by atoms with Crippen molar-refractivity contribution in [2.75, 3.05) is 11.6 Å². The number of aliphatic imine (C=N–C) groups is 1. The van der Waals surface area contributed by atoms with Gasteiger partial charge in [-0.3, -0.25) is 5.43 Å². The number of hydrogen-bond acceptors (Lipinski definition) is 3. The summed E-state index contributed by atoms with van der Waals surface area (Å²) in [6, 6.07) is 8.29. The van der Waals surface area contributed by atoms with Crippen molar-refractivity contribution >= 4 is 23.4 Å². The van der Waals surface area contributed by atoms with Crippen molar-refractivity contribution in [3.05, 3.63) is 24.3 Å². The molecule has 4 nitrogen and oxygen atoms in total. The summed E-state index contributed by atoms with van der Waals surface area (Å²) in [4.78, 5) is 5.51. The first kappa shape index (κ1) is 12.9.